The van der Waals surface area contributed by atoms with Crippen molar-refractivity contribution >= 4 is 18.0 Å². The first kappa shape index (κ1) is 18.3. The van der Waals surface area contributed by atoms with E-state index in [1.54, 1.807) is 25.1 Å². The zero-order valence-electron chi connectivity index (χ0n) is 14.0. The van der Waals surface area contributed by atoms with Crippen molar-refractivity contribution in [2.75, 3.05) is 6.61 Å². The lowest BCUT2D eigenvalue weighted by molar-refractivity contribution is -0.146. The van der Waals surface area contributed by atoms with Crippen molar-refractivity contribution in [3.8, 4) is 5.75 Å². The Morgan fingerprint density at radius 3 is 2.44 bits per heavy atom. The number of rotatable bonds is 7. The van der Waals surface area contributed by atoms with Gasteiger partial charge < -0.3 is 15.2 Å². The molecule has 0 saturated heterocycles. The van der Waals surface area contributed by atoms with Gasteiger partial charge in [-0.15, -0.1) is 0 Å². The molecule has 25 heavy (non-hydrogen) atoms. The monoisotopic (exact) mass is 339 g/mol. The van der Waals surface area contributed by atoms with E-state index in [0.717, 1.165) is 11.1 Å². The van der Waals surface area contributed by atoms with Gasteiger partial charge in [-0.25, -0.2) is 4.79 Å². The summed E-state index contributed by atoms with van der Waals surface area (Å²) in [7, 11) is 0. The lowest BCUT2D eigenvalue weighted by Crippen LogP contribution is -2.42. The van der Waals surface area contributed by atoms with E-state index in [-0.39, 0.29) is 18.3 Å². The van der Waals surface area contributed by atoms with Gasteiger partial charge in [0.05, 0.1) is 6.61 Å². The molecule has 0 aromatic heterocycles. The average Bonchev–Trinajstić information content (AvgIpc) is 2.62. The van der Waals surface area contributed by atoms with Crippen LogP contribution in [0.15, 0.2) is 60.7 Å². The summed E-state index contributed by atoms with van der Waals surface area (Å²) < 4.78 is 5.05. The summed E-state index contributed by atoms with van der Waals surface area (Å²) in [4.78, 5) is 24.2. The van der Waals surface area contributed by atoms with Crippen LogP contribution in [0.2, 0.25) is 0 Å². The summed E-state index contributed by atoms with van der Waals surface area (Å²) >= 11 is 0. The van der Waals surface area contributed by atoms with Crippen LogP contribution in [0.3, 0.4) is 0 Å². The van der Waals surface area contributed by atoms with Gasteiger partial charge in [0, 0.05) is 12.5 Å². The van der Waals surface area contributed by atoms with Crippen molar-refractivity contribution in [2.24, 2.45) is 0 Å². The molecular weight excluding hydrogens is 318 g/mol. The highest BCUT2D eigenvalue weighted by atomic mass is 16.5. The third-order valence-corrected chi connectivity index (χ3v) is 3.49. The summed E-state index contributed by atoms with van der Waals surface area (Å²) in [6.45, 7) is 1.98. The molecule has 0 fully saturated rings. The van der Waals surface area contributed by atoms with E-state index in [1.807, 2.05) is 30.3 Å². The molecule has 0 bridgehead atoms. The fourth-order valence-electron chi connectivity index (χ4n) is 2.26. The van der Waals surface area contributed by atoms with Crippen LogP contribution in [0.4, 0.5) is 0 Å². The second kappa shape index (κ2) is 9.27. The lowest BCUT2D eigenvalue weighted by Gasteiger charge is -2.16. The second-order valence-electron chi connectivity index (χ2n) is 5.43. The minimum Gasteiger partial charge on any atom is -0.508 e. The molecule has 5 nitrogen and oxygen atoms in total. The Labute approximate surface area is 146 Å². The smallest absolute Gasteiger partial charge is 0.328 e. The average molecular weight is 339 g/mol. The van der Waals surface area contributed by atoms with Crippen molar-refractivity contribution in [1.29, 1.82) is 0 Å². The number of amides is 1. The highest BCUT2D eigenvalue weighted by Crippen LogP contribution is 2.11. The molecule has 2 rings (SSSR count). The Bertz CT molecular complexity index is 723. The van der Waals surface area contributed by atoms with E-state index in [2.05, 4.69) is 5.32 Å². The van der Waals surface area contributed by atoms with Crippen molar-refractivity contribution in [2.45, 2.75) is 19.4 Å². The van der Waals surface area contributed by atoms with Crippen LogP contribution in [-0.4, -0.2) is 29.6 Å². The van der Waals surface area contributed by atoms with Gasteiger partial charge in [-0.1, -0.05) is 42.5 Å². The summed E-state index contributed by atoms with van der Waals surface area (Å²) in [6.07, 6.45) is 3.32. The van der Waals surface area contributed by atoms with E-state index in [4.69, 9.17) is 4.74 Å². The fourth-order valence-corrected chi connectivity index (χ4v) is 2.26. The molecule has 0 radical (unpaired) electrons. The molecule has 2 aromatic carbocycles. The molecule has 1 atom stereocenters. The molecule has 2 N–H and O–H groups in total. The zero-order valence-corrected chi connectivity index (χ0v) is 14.0. The number of carbonyl (C=O) groups excluding carboxylic acids is 2. The zero-order chi connectivity index (χ0) is 18.1. The molecule has 1 amide bonds. The normalized spacial score (nSPS) is 11.9. The quantitative estimate of drug-likeness (QED) is 0.601. The molecule has 0 saturated carbocycles. The predicted octanol–water partition coefficient (Wildman–Crippen LogP) is 2.70. The summed E-state index contributed by atoms with van der Waals surface area (Å²) in [5, 5.41) is 11.9. The molecule has 5 heteroatoms. The number of aromatic hydroxyl groups is 1. The molecule has 0 spiro atoms. The van der Waals surface area contributed by atoms with E-state index in [1.165, 1.54) is 18.2 Å². The van der Waals surface area contributed by atoms with Gasteiger partial charge in [-0.05, 0) is 36.3 Å². The van der Waals surface area contributed by atoms with E-state index < -0.39 is 12.0 Å². The topological polar surface area (TPSA) is 75.6 Å². The number of benzene rings is 2. The number of esters is 1. The number of ether oxygens (including phenoxy) is 1. The van der Waals surface area contributed by atoms with Gasteiger partial charge in [0.2, 0.25) is 5.91 Å². The Kier molecular flexibility index (Phi) is 6.77. The molecular formula is C20H21NO4. The highest BCUT2D eigenvalue weighted by Gasteiger charge is 2.21. The van der Waals surface area contributed by atoms with Crippen LogP contribution in [0, 0.1) is 0 Å². The van der Waals surface area contributed by atoms with Crippen LogP contribution in [0.1, 0.15) is 18.1 Å². The third-order valence-electron chi connectivity index (χ3n) is 3.49. The summed E-state index contributed by atoms with van der Waals surface area (Å²) in [5.74, 6) is -0.688. The van der Waals surface area contributed by atoms with Gasteiger partial charge in [-0.3, -0.25) is 4.79 Å². The summed E-state index contributed by atoms with van der Waals surface area (Å²) in [6, 6.07) is 15.1. The molecule has 0 aliphatic carbocycles. The number of carbonyl (C=O) groups is 2. The summed E-state index contributed by atoms with van der Waals surface area (Å²) in [5.41, 5.74) is 1.70. The first-order valence-electron chi connectivity index (χ1n) is 8.06. The number of phenols is 1. The number of hydrogen-bond donors (Lipinski definition) is 2. The maximum Gasteiger partial charge on any atom is 0.328 e. The predicted molar refractivity (Wildman–Crippen MR) is 95.9 cm³/mol. The number of nitrogens with one attached hydrogen (secondary N) is 1. The highest BCUT2D eigenvalue weighted by molar-refractivity contribution is 5.94. The van der Waals surface area contributed by atoms with Crippen molar-refractivity contribution < 1.29 is 19.4 Å². The SMILES string of the molecule is CCOC(=O)[C@H](Cc1ccccc1)NC(=O)/C=C\c1ccc(O)cc1. The van der Waals surface area contributed by atoms with Crippen LogP contribution in [-0.2, 0) is 20.7 Å². The van der Waals surface area contributed by atoms with E-state index >= 15 is 0 Å². The lowest BCUT2D eigenvalue weighted by atomic mass is 10.1. The van der Waals surface area contributed by atoms with Gasteiger partial charge in [-0.2, -0.15) is 0 Å². The maximum absolute atomic E-state index is 12.1. The molecule has 0 unspecified atom stereocenters. The Morgan fingerprint density at radius 2 is 1.80 bits per heavy atom. The first-order chi connectivity index (χ1) is 12.1. The maximum atomic E-state index is 12.1. The van der Waals surface area contributed by atoms with Gasteiger partial charge in [0.15, 0.2) is 0 Å². The number of hydrogen-bond acceptors (Lipinski definition) is 4. The Balaban J connectivity index is 2.03. The molecule has 0 aliphatic heterocycles. The standard InChI is InChI=1S/C20H21NO4/c1-2-25-20(24)18(14-16-6-4-3-5-7-16)21-19(23)13-10-15-8-11-17(22)12-9-15/h3-13,18,22H,2,14H2,1H3,(H,21,23)/b13-10-/t18-/m0/s1. The van der Waals surface area contributed by atoms with Gasteiger partial charge in [0.1, 0.15) is 11.8 Å². The Morgan fingerprint density at radius 1 is 1.12 bits per heavy atom. The third kappa shape index (κ3) is 6.14. The minimum atomic E-state index is -0.751. The largest absolute Gasteiger partial charge is 0.508 e. The van der Waals surface area contributed by atoms with Crippen molar-refractivity contribution in [1.82, 2.24) is 5.32 Å². The van der Waals surface area contributed by atoms with Gasteiger partial charge in [0.25, 0.3) is 0 Å². The Hall–Kier alpha value is -3.08. The van der Waals surface area contributed by atoms with Crippen LogP contribution in [0.25, 0.3) is 6.08 Å². The second-order valence-corrected chi connectivity index (χ2v) is 5.43. The van der Waals surface area contributed by atoms with Crippen molar-refractivity contribution in [3.63, 3.8) is 0 Å². The molecule has 0 heterocycles. The fraction of sp³-hybridized carbons (Fsp3) is 0.200. The van der Waals surface area contributed by atoms with Gasteiger partial charge >= 0.3 is 5.97 Å². The van der Waals surface area contributed by atoms with Crippen LogP contribution in [0.5, 0.6) is 5.75 Å². The van der Waals surface area contributed by atoms with Crippen molar-refractivity contribution in [3.05, 3.63) is 71.8 Å². The first-order valence-corrected chi connectivity index (χ1v) is 8.06. The van der Waals surface area contributed by atoms with Crippen LogP contribution < -0.4 is 5.32 Å². The van der Waals surface area contributed by atoms with Crippen LogP contribution >= 0.6 is 0 Å². The number of phenolic OH excluding ortho intramolecular Hbond substituents is 1. The molecule has 130 valence electrons. The van der Waals surface area contributed by atoms with E-state index in [9.17, 15) is 14.7 Å². The van der Waals surface area contributed by atoms with E-state index in [0.29, 0.717) is 6.42 Å². The molecule has 2 aromatic rings. The molecule has 0 aliphatic rings. The minimum absolute atomic E-state index is 0.159.